The molecule has 0 bridgehead atoms. The molecule has 0 aromatic heterocycles. The van der Waals surface area contributed by atoms with Crippen molar-refractivity contribution in [3.8, 4) is 0 Å². The van der Waals surface area contributed by atoms with Gasteiger partial charge >= 0.3 is 0 Å². The summed E-state index contributed by atoms with van der Waals surface area (Å²) < 4.78 is 0. The molecule has 0 aliphatic carbocycles. The molecule has 5 heteroatoms. The number of carbonyl (C=O) groups is 2. The lowest BCUT2D eigenvalue weighted by molar-refractivity contribution is -0.136. The largest absolute Gasteiger partial charge is 0.375 e. The van der Waals surface area contributed by atoms with E-state index in [2.05, 4.69) is 13.8 Å². The zero-order chi connectivity index (χ0) is 23.0. The van der Waals surface area contributed by atoms with Gasteiger partial charge in [-0.1, -0.05) is 67.9 Å². The lowest BCUT2D eigenvalue weighted by atomic mass is 9.86. The lowest BCUT2D eigenvalue weighted by Crippen LogP contribution is -2.41. The van der Waals surface area contributed by atoms with Gasteiger partial charge < -0.3 is 10.0 Å². The van der Waals surface area contributed by atoms with E-state index in [0.717, 1.165) is 16.7 Å². The normalized spacial score (nSPS) is 17.7. The van der Waals surface area contributed by atoms with Gasteiger partial charge in [-0.3, -0.25) is 9.59 Å². The zero-order valence-electron chi connectivity index (χ0n) is 18.4. The van der Waals surface area contributed by atoms with Crippen LogP contribution >= 0.6 is 11.6 Å². The number of hydrogen-bond acceptors (Lipinski definition) is 3. The number of Topliss-reactive ketones (excluding diaryl/α,β-unsaturated/α-hetero) is 1. The second-order valence-corrected chi connectivity index (χ2v) is 9.16. The van der Waals surface area contributed by atoms with Crippen LogP contribution in [0.25, 0.3) is 0 Å². The van der Waals surface area contributed by atoms with Gasteiger partial charge in [0.25, 0.3) is 5.91 Å². The minimum atomic E-state index is -1.90. The fourth-order valence-electron chi connectivity index (χ4n) is 4.23. The first-order chi connectivity index (χ1) is 15.2. The molecule has 0 spiro atoms. The van der Waals surface area contributed by atoms with Crippen LogP contribution in [-0.2, 0) is 16.9 Å². The van der Waals surface area contributed by atoms with Crippen molar-refractivity contribution in [3.63, 3.8) is 0 Å². The third kappa shape index (κ3) is 3.96. The molecule has 0 fully saturated rings. The van der Waals surface area contributed by atoms with Crippen molar-refractivity contribution in [2.75, 3.05) is 4.90 Å². The summed E-state index contributed by atoms with van der Waals surface area (Å²) >= 11 is 5.98. The van der Waals surface area contributed by atoms with Gasteiger partial charge in [0.1, 0.15) is 0 Å². The van der Waals surface area contributed by atoms with E-state index in [4.69, 9.17) is 11.6 Å². The fraction of sp³-hybridized carbons (Fsp3) is 0.259. The quantitative estimate of drug-likeness (QED) is 0.487. The molecule has 164 valence electrons. The molecule has 4 rings (SSSR count). The number of rotatable bonds is 6. The zero-order valence-corrected chi connectivity index (χ0v) is 19.2. The van der Waals surface area contributed by atoms with E-state index in [0.29, 0.717) is 21.8 Å². The Kier molecular flexibility index (Phi) is 5.93. The molecule has 0 saturated carbocycles. The van der Waals surface area contributed by atoms with Gasteiger partial charge in [0.2, 0.25) is 0 Å². The van der Waals surface area contributed by atoms with Gasteiger partial charge in [-0.05, 0) is 53.8 Å². The maximum absolute atomic E-state index is 13.5. The van der Waals surface area contributed by atoms with Crippen LogP contribution in [0.2, 0.25) is 5.02 Å². The highest BCUT2D eigenvalue weighted by atomic mass is 35.5. The van der Waals surface area contributed by atoms with Crippen molar-refractivity contribution >= 4 is 29.0 Å². The summed E-state index contributed by atoms with van der Waals surface area (Å²) in [6.07, 6.45) is -0.303. The van der Waals surface area contributed by atoms with Gasteiger partial charge in [0, 0.05) is 16.1 Å². The maximum Gasteiger partial charge on any atom is 0.264 e. The second-order valence-electron chi connectivity index (χ2n) is 8.72. The van der Waals surface area contributed by atoms with Crippen LogP contribution in [0.3, 0.4) is 0 Å². The smallest absolute Gasteiger partial charge is 0.264 e. The molecule has 0 radical (unpaired) electrons. The van der Waals surface area contributed by atoms with Gasteiger partial charge in [0.15, 0.2) is 11.4 Å². The topological polar surface area (TPSA) is 57.6 Å². The molecular formula is C27H26ClNO3. The first-order valence-electron chi connectivity index (χ1n) is 10.7. The Bertz CT molecular complexity index is 1190. The van der Waals surface area contributed by atoms with E-state index >= 15 is 0 Å². The molecule has 4 nitrogen and oxygen atoms in total. The molecular weight excluding hydrogens is 422 g/mol. The minimum absolute atomic E-state index is 0.246. The summed E-state index contributed by atoms with van der Waals surface area (Å²) in [5.74, 6) is -0.461. The predicted molar refractivity (Wildman–Crippen MR) is 127 cm³/mol. The van der Waals surface area contributed by atoms with Crippen LogP contribution in [0, 0.1) is 6.92 Å². The van der Waals surface area contributed by atoms with E-state index < -0.39 is 11.5 Å². The molecule has 1 unspecified atom stereocenters. The number of carbonyl (C=O) groups excluding carboxylic acids is 2. The lowest BCUT2D eigenvalue weighted by Gasteiger charge is -2.23. The van der Waals surface area contributed by atoms with Gasteiger partial charge in [0.05, 0.1) is 18.7 Å². The van der Waals surface area contributed by atoms with E-state index in [-0.39, 0.29) is 24.7 Å². The van der Waals surface area contributed by atoms with Crippen LogP contribution in [0.5, 0.6) is 0 Å². The third-order valence-electron chi connectivity index (χ3n) is 6.14. The van der Waals surface area contributed by atoms with E-state index in [1.54, 1.807) is 35.2 Å². The number of ketones is 1. The monoisotopic (exact) mass is 447 g/mol. The number of anilines is 1. The van der Waals surface area contributed by atoms with Gasteiger partial charge in [-0.2, -0.15) is 0 Å². The Morgan fingerprint density at radius 3 is 2.44 bits per heavy atom. The molecule has 1 N–H and O–H groups in total. The molecule has 32 heavy (non-hydrogen) atoms. The Labute approximate surface area is 193 Å². The number of fused-ring (bicyclic) bond motifs is 1. The summed E-state index contributed by atoms with van der Waals surface area (Å²) in [6.45, 7) is 6.29. The summed E-state index contributed by atoms with van der Waals surface area (Å²) in [7, 11) is 0. The summed E-state index contributed by atoms with van der Waals surface area (Å²) in [4.78, 5) is 28.3. The third-order valence-corrected chi connectivity index (χ3v) is 6.39. The number of aliphatic hydroxyl groups is 1. The fourth-order valence-corrected chi connectivity index (χ4v) is 4.36. The number of benzene rings is 3. The SMILES string of the molecule is Cc1ccc(C(C)C)cc1C(=O)CC1(O)C(=O)N(Cc2ccc(Cl)cc2)c2ccccc21. The highest BCUT2D eigenvalue weighted by Crippen LogP contribution is 2.43. The number of halogens is 1. The number of para-hydroxylation sites is 1. The molecule has 1 aliphatic heterocycles. The van der Waals surface area contributed by atoms with Crippen LogP contribution in [0.4, 0.5) is 5.69 Å². The molecule has 3 aromatic carbocycles. The summed E-state index contributed by atoms with van der Waals surface area (Å²) in [6, 6.07) is 20.2. The van der Waals surface area contributed by atoms with Crippen LogP contribution < -0.4 is 4.90 Å². The number of nitrogens with zero attached hydrogens (tertiary/aromatic N) is 1. The number of hydrogen-bond donors (Lipinski definition) is 1. The Balaban J connectivity index is 1.68. The highest BCUT2D eigenvalue weighted by Gasteiger charge is 2.50. The van der Waals surface area contributed by atoms with Crippen LogP contribution in [0.15, 0.2) is 66.7 Å². The number of aryl methyl sites for hydroxylation is 1. The van der Waals surface area contributed by atoms with Gasteiger partial charge in [-0.15, -0.1) is 0 Å². The first kappa shape index (κ1) is 22.3. The Hall–Kier alpha value is -2.95. The molecule has 1 aliphatic rings. The average Bonchev–Trinajstić information content (AvgIpc) is 2.97. The standard InChI is InChI=1S/C27H26ClNO3/c1-17(2)20-11-8-18(3)22(14-20)25(30)15-27(32)23-6-4-5-7-24(23)29(26(27)31)16-19-9-12-21(28)13-10-19/h4-14,17,32H,15-16H2,1-3H3. The van der Waals surface area contributed by atoms with Crippen LogP contribution in [-0.4, -0.2) is 16.8 Å². The van der Waals surface area contributed by atoms with Crippen molar-refractivity contribution < 1.29 is 14.7 Å². The Morgan fingerprint density at radius 2 is 1.75 bits per heavy atom. The van der Waals surface area contributed by atoms with Crippen molar-refractivity contribution in [1.82, 2.24) is 0 Å². The number of amides is 1. The molecule has 3 aromatic rings. The van der Waals surface area contributed by atoms with Crippen molar-refractivity contribution in [2.24, 2.45) is 0 Å². The average molecular weight is 448 g/mol. The minimum Gasteiger partial charge on any atom is -0.375 e. The molecule has 1 atom stereocenters. The maximum atomic E-state index is 13.5. The van der Waals surface area contributed by atoms with Gasteiger partial charge in [-0.25, -0.2) is 0 Å². The molecule has 1 heterocycles. The van der Waals surface area contributed by atoms with E-state index in [1.165, 1.54) is 0 Å². The van der Waals surface area contributed by atoms with Crippen molar-refractivity contribution in [3.05, 3.63) is 99.6 Å². The molecule has 1 amide bonds. The van der Waals surface area contributed by atoms with E-state index in [1.807, 2.05) is 43.3 Å². The second kappa shape index (κ2) is 8.53. The Morgan fingerprint density at radius 1 is 1.06 bits per heavy atom. The van der Waals surface area contributed by atoms with Crippen molar-refractivity contribution in [1.29, 1.82) is 0 Å². The molecule has 0 saturated heterocycles. The summed E-state index contributed by atoms with van der Waals surface area (Å²) in [5, 5.41) is 12.2. The van der Waals surface area contributed by atoms with E-state index in [9.17, 15) is 14.7 Å². The van der Waals surface area contributed by atoms with Crippen molar-refractivity contribution in [2.45, 2.75) is 45.3 Å². The highest BCUT2D eigenvalue weighted by molar-refractivity contribution is 6.30. The first-order valence-corrected chi connectivity index (χ1v) is 11.1. The summed E-state index contributed by atoms with van der Waals surface area (Å²) in [5.41, 5.74) is 2.49. The van der Waals surface area contributed by atoms with Crippen LogP contribution in [0.1, 0.15) is 58.8 Å². The predicted octanol–water partition coefficient (Wildman–Crippen LogP) is 5.78.